The fraction of sp³-hybridized carbons (Fsp3) is 0.529. The van der Waals surface area contributed by atoms with Crippen LogP contribution in [-0.4, -0.2) is 42.4 Å². The summed E-state index contributed by atoms with van der Waals surface area (Å²) in [7, 11) is 0. The molecule has 1 amide bonds. The number of nitrogens with zero attached hydrogens (tertiary/aromatic N) is 1. The molecule has 0 aromatic heterocycles. The lowest BCUT2D eigenvalue weighted by Gasteiger charge is -2.33. The summed E-state index contributed by atoms with van der Waals surface area (Å²) in [5.41, 5.74) is 8.36. The summed E-state index contributed by atoms with van der Waals surface area (Å²) < 4.78 is 37.2. The highest BCUT2D eigenvalue weighted by Crippen LogP contribution is 2.48. The van der Waals surface area contributed by atoms with Gasteiger partial charge in [0.2, 0.25) is 5.91 Å². The van der Waals surface area contributed by atoms with Crippen LogP contribution in [0.5, 0.6) is 0 Å². The van der Waals surface area contributed by atoms with Crippen molar-refractivity contribution in [2.24, 2.45) is 0 Å². The van der Waals surface area contributed by atoms with Crippen molar-refractivity contribution < 1.29 is 32.6 Å². The number of fused-ring (bicyclic) bond motifs is 2. The molecule has 2 aliphatic heterocycles. The van der Waals surface area contributed by atoms with Gasteiger partial charge in [0.1, 0.15) is 0 Å². The van der Waals surface area contributed by atoms with E-state index in [1.165, 1.54) is 0 Å². The average molecular weight is 374 g/mol. The predicted octanol–water partition coefficient (Wildman–Crippen LogP) is 2.71. The van der Waals surface area contributed by atoms with Crippen LogP contribution in [0.1, 0.15) is 32.3 Å². The Morgan fingerprint density at radius 1 is 1.31 bits per heavy atom. The van der Waals surface area contributed by atoms with Gasteiger partial charge in [0, 0.05) is 30.6 Å². The van der Waals surface area contributed by atoms with Crippen LogP contribution in [0.4, 0.5) is 24.5 Å². The number of ether oxygens (including phenoxy) is 1. The number of carbonyl (C=O) groups excluding carboxylic acids is 1. The van der Waals surface area contributed by atoms with E-state index >= 15 is 0 Å². The van der Waals surface area contributed by atoms with Crippen molar-refractivity contribution in [3.8, 4) is 0 Å². The van der Waals surface area contributed by atoms with Crippen LogP contribution in [0.25, 0.3) is 0 Å². The predicted molar refractivity (Wildman–Crippen MR) is 88.9 cm³/mol. The monoisotopic (exact) mass is 374 g/mol. The second kappa shape index (κ2) is 7.14. The van der Waals surface area contributed by atoms with Gasteiger partial charge < -0.3 is 20.5 Å². The fourth-order valence-corrected chi connectivity index (χ4v) is 3.32. The zero-order chi connectivity index (χ0) is 19.7. The summed E-state index contributed by atoms with van der Waals surface area (Å²) in [5.74, 6) is -2.54. The molecule has 0 saturated carbocycles. The van der Waals surface area contributed by atoms with Gasteiger partial charge in [0.05, 0.1) is 5.41 Å². The normalized spacial score (nSPS) is 18.5. The number of carboxylic acid groups (broad SMARTS) is 1. The number of hydrogen-bond acceptors (Lipinski definition) is 4. The lowest BCUT2D eigenvalue weighted by atomic mass is 9.75. The standard InChI is InChI=1S/C15H20N2O2.C2HF3O2/c1-10(2)17-13-4-3-11(16)9-12(13)15(14(17)18)5-7-19-8-6-15;3-2(4,5)1(6)7/h3-4,9-10H,5-8,16H2,1-2H3;(H,6,7). The number of anilines is 2. The fourth-order valence-electron chi connectivity index (χ4n) is 3.32. The molecule has 0 aliphatic carbocycles. The third kappa shape index (κ3) is 3.62. The molecule has 6 nitrogen and oxygen atoms in total. The highest BCUT2D eigenvalue weighted by molar-refractivity contribution is 6.08. The van der Waals surface area contributed by atoms with Gasteiger partial charge in [-0.3, -0.25) is 4.79 Å². The average Bonchev–Trinajstić information content (AvgIpc) is 2.77. The first kappa shape index (κ1) is 20.0. The Kier molecular flexibility index (Phi) is 5.50. The van der Waals surface area contributed by atoms with Crippen LogP contribution in [-0.2, 0) is 19.7 Å². The van der Waals surface area contributed by atoms with E-state index in [-0.39, 0.29) is 11.9 Å². The van der Waals surface area contributed by atoms with Crippen molar-refractivity contribution in [3.05, 3.63) is 23.8 Å². The van der Waals surface area contributed by atoms with Crippen LogP contribution in [0.2, 0.25) is 0 Å². The van der Waals surface area contributed by atoms with Gasteiger partial charge in [-0.1, -0.05) is 0 Å². The smallest absolute Gasteiger partial charge is 0.475 e. The van der Waals surface area contributed by atoms with Gasteiger partial charge in [-0.05, 0) is 50.5 Å². The molecule has 0 radical (unpaired) electrons. The first-order valence-electron chi connectivity index (χ1n) is 8.12. The van der Waals surface area contributed by atoms with E-state index in [1.54, 1.807) is 0 Å². The highest BCUT2D eigenvalue weighted by atomic mass is 19.4. The lowest BCUT2D eigenvalue weighted by molar-refractivity contribution is -0.192. The zero-order valence-electron chi connectivity index (χ0n) is 14.5. The summed E-state index contributed by atoms with van der Waals surface area (Å²) >= 11 is 0. The van der Waals surface area contributed by atoms with E-state index in [4.69, 9.17) is 20.4 Å². The molecule has 0 bridgehead atoms. The van der Waals surface area contributed by atoms with Gasteiger partial charge >= 0.3 is 12.1 Å². The minimum absolute atomic E-state index is 0.164. The molecule has 9 heteroatoms. The number of alkyl halides is 3. The van der Waals surface area contributed by atoms with Crippen molar-refractivity contribution in [2.75, 3.05) is 23.8 Å². The maximum atomic E-state index is 12.9. The Morgan fingerprint density at radius 3 is 2.31 bits per heavy atom. The topological polar surface area (TPSA) is 92.9 Å². The Morgan fingerprint density at radius 2 is 1.85 bits per heavy atom. The third-order valence-electron chi connectivity index (χ3n) is 4.53. The van der Waals surface area contributed by atoms with Gasteiger partial charge in [-0.25, -0.2) is 4.79 Å². The van der Waals surface area contributed by atoms with Crippen molar-refractivity contribution in [1.82, 2.24) is 0 Å². The molecular formula is C17H21F3N2O4. The minimum atomic E-state index is -5.08. The number of nitrogen functional groups attached to an aromatic ring is 1. The number of rotatable bonds is 1. The van der Waals surface area contributed by atoms with E-state index in [1.807, 2.05) is 23.1 Å². The number of benzene rings is 1. The summed E-state index contributed by atoms with van der Waals surface area (Å²) in [6, 6.07) is 5.99. The molecule has 2 aliphatic rings. The van der Waals surface area contributed by atoms with Crippen molar-refractivity contribution in [3.63, 3.8) is 0 Å². The molecule has 3 N–H and O–H groups in total. The molecule has 144 valence electrons. The van der Waals surface area contributed by atoms with Crippen LogP contribution >= 0.6 is 0 Å². The number of nitrogens with two attached hydrogens (primary N) is 1. The Labute approximate surface area is 148 Å². The molecule has 2 heterocycles. The lowest BCUT2D eigenvalue weighted by Crippen LogP contribution is -2.46. The summed E-state index contributed by atoms with van der Waals surface area (Å²) in [4.78, 5) is 23.7. The number of carbonyl (C=O) groups is 2. The van der Waals surface area contributed by atoms with Gasteiger partial charge in [-0.15, -0.1) is 0 Å². The number of hydrogen-bond donors (Lipinski definition) is 2. The number of aliphatic carboxylic acids is 1. The van der Waals surface area contributed by atoms with Crippen molar-refractivity contribution >= 4 is 23.3 Å². The zero-order valence-corrected chi connectivity index (χ0v) is 14.5. The molecular weight excluding hydrogens is 353 g/mol. The Bertz CT molecular complexity index is 698. The van der Waals surface area contributed by atoms with Crippen LogP contribution in [0.15, 0.2) is 18.2 Å². The molecule has 1 aromatic rings. The second-order valence-corrected chi connectivity index (χ2v) is 6.54. The van der Waals surface area contributed by atoms with Gasteiger partial charge in [0.15, 0.2) is 0 Å². The third-order valence-corrected chi connectivity index (χ3v) is 4.53. The van der Waals surface area contributed by atoms with Crippen molar-refractivity contribution in [2.45, 2.75) is 44.3 Å². The van der Waals surface area contributed by atoms with Crippen LogP contribution in [0, 0.1) is 0 Å². The molecule has 1 spiro atoms. The molecule has 26 heavy (non-hydrogen) atoms. The van der Waals surface area contributed by atoms with Gasteiger partial charge in [0.25, 0.3) is 0 Å². The summed E-state index contributed by atoms with van der Waals surface area (Å²) in [6.45, 7) is 5.39. The second-order valence-electron chi connectivity index (χ2n) is 6.54. The number of carboxylic acids is 1. The SMILES string of the molecule is CC(C)N1C(=O)C2(CCOCC2)c2cc(N)ccc21.O=C(O)C(F)(F)F. The summed E-state index contributed by atoms with van der Waals surface area (Å²) in [5, 5.41) is 7.12. The van der Waals surface area contributed by atoms with E-state index in [9.17, 15) is 18.0 Å². The van der Waals surface area contributed by atoms with Gasteiger partial charge in [-0.2, -0.15) is 13.2 Å². The molecule has 1 aromatic carbocycles. The largest absolute Gasteiger partial charge is 0.490 e. The molecule has 3 rings (SSSR count). The molecule has 1 saturated heterocycles. The first-order valence-corrected chi connectivity index (χ1v) is 8.12. The van der Waals surface area contributed by atoms with Crippen molar-refractivity contribution in [1.29, 1.82) is 0 Å². The maximum Gasteiger partial charge on any atom is 0.490 e. The molecule has 0 atom stereocenters. The Balaban J connectivity index is 0.000000298. The van der Waals surface area contributed by atoms with E-state index in [0.29, 0.717) is 13.2 Å². The quantitative estimate of drug-likeness (QED) is 0.738. The Hall–Kier alpha value is -2.29. The first-order chi connectivity index (χ1) is 12.0. The number of amides is 1. The minimum Gasteiger partial charge on any atom is -0.475 e. The van der Waals surface area contributed by atoms with E-state index in [0.717, 1.165) is 29.8 Å². The van der Waals surface area contributed by atoms with Crippen LogP contribution < -0.4 is 10.6 Å². The molecule has 0 unspecified atom stereocenters. The number of halogens is 3. The summed E-state index contributed by atoms with van der Waals surface area (Å²) in [6.07, 6.45) is -3.57. The van der Waals surface area contributed by atoms with Crippen LogP contribution in [0.3, 0.4) is 0 Å². The van der Waals surface area contributed by atoms with E-state index < -0.39 is 17.6 Å². The highest BCUT2D eigenvalue weighted by Gasteiger charge is 2.52. The molecule has 1 fully saturated rings. The maximum absolute atomic E-state index is 12.9. The van der Waals surface area contributed by atoms with E-state index in [2.05, 4.69) is 13.8 Å².